The van der Waals surface area contributed by atoms with Gasteiger partial charge in [0.05, 0.1) is 0 Å². The molecule has 0 aromatic carbocycles. The van der Waals surface area contributed by atoms with Crippen molar-refractivity contribution in [3.05, 3.63) is 0 Å². The Balaban J connectivity index is 1.68. The lowest BCUT2D eigenvalue weighted by atomic mass is 10.3. The van der Waals surface area contributed by atoms with Crippen LogP contribution in [0.4, 0.5) is 0 Å². The van der Waals surface area contributed by atoms with Gasteiger partial charge in [-0.25, -0.2) is 0 Å². The van der Waals surface area contributed by atoms with Crippen LogP contribution in [0, 0.1) is 5.92 Å². The van der Waals surface area contributed by atoms with E-state index in [4.69, 9.17) is 12.2 Å². The summed E-state index contributed by atoms with van der Waals surface area (Å²) in [5.74, 6) is 0.867. The van der Waals surface area contributed by atoms with Gasteiger partial charge in [-0.05, 0) is 44.3 Å². The van der Waals surface area contributed by atoms with Crippen LogP contribution in [0.15, 0.2) is 0 Å². The number of thiocarbonyl (C=S) groups is 1. The molecule has 0 radical (unpaired) electrons. The maximum Gasteiger partial charge on any atom is 0.166 e. The predicted octanol–water partition coefficient (Wildman–Crippen LogP) is 1.80. The molecule has 2 rings (SSSR count). The minimum atomic E-state index is 0.320. The Labute approximate surface area is 85.5 Å². The summed E-state index contributed by atoms with van der Waals surface area (Å²) in [5, 5.41) is 7.60. The molecule has 0 heterocycles. The molecule has 0 aromatic rings. The van der Waals surface area contributed by atoms with Gasteiger partial charge in [0.2, 0.25) is 0 Å². The largest absolute Gasteiger partial charge is 0.360 e. The van der Waals surface area contributed by atoms with Gasteiger partial charge in [0.15, 0.2) is 5.11 Å². The Kier molecular flexibility index (Phi) is 2.22. The first kappa shape index (κ1) is 9.25. The highest BCUT2D eigenvalue weighted by Crippen LogP contribution is 2.35. The van der Waals surface area contributed by atoms with E-state index in [0.717, 1.165) is 11.0 Å². The maximum absolute atomic E-state index is 5.24. The molecule has 0 spiro atoms. The summed E-state index contributed by atoms with van der Waals surface area (Å²) in [5.41, 5.74) is 0.320. The van der Waals surface area contributed by atoms with Gasteiger partial charge in [-0.3, -0.25) is 0 Å². The summed E-state index contributed by atoms with van der Waals surface area (Å²) < 4.78 is 0. The molecule has 3 heteroatoms. The summed E-state index contributed by atoms with van der Waals surface area (Å²) in [6.07, 6.45) is 5.10. The van der Waals surface area contributed by atoms with E-state index in [1.807, 2.05) is 0 Å². The highest BCUT2D eigenvalue weighted by Gasteiger charge is 2.40. The zero-order valence-corrected chi connectivity index (χ0v) is 9.21. The molecule has 0 amide bonds. The molecule has 2 N–H and O–H groups in total. The van der Waals surface area contributed by atoms with Gasteiger partial charge in [-0.2, -0.15) is 0 Å². The lowest BCUT2D eigenvalue weighted by molar-refractivity contribution is 0.641. The highest BCUT2D eigenvalue weighted by molar-refractivity contribution is 7.80. The second-order valence-electron chi connectivity index (χ2n) is 4.67. The third kappa shape index (κ3) is 2.33. The van der Waals surface area contributed by atoms with Gasteiger partial charge >= 0.3 is 0 Å². The minimum Gasteiger partial charge on any atom is -0.360 e. The van der Waals surface area contributed by atoms with Crippen LogP contribution in [0.5, 0.6) is 0 Å². The second kappa shape index (κ2) is 3.12. The minimum absolute atomic E-state index is 0.320. The third-order valence-corrected chi connectivity index (χ3v) is 3.40. The fourth-order valence-corrected chi connectivity index (χ4v) is 2.06. The average molecular weight is 198 g/mol. The van der Waals surface area contributed by atoms with Gasteiger partial charge in [0.25, 0.3) is 0 Å². The molecule has 0 saturated heterocycles. The molecule has 0 aromatic heterocycles. The normalized spacial score (nSPS) is 33.7. The summed E-state index contributed by atoms with van der Waals surface area (Å²) in [7, 11) is 0. The summed E-state index contributed by atoms with van der Waals surface area (Å²) in [4.78, 5) is 0. The van der Waals surface area contributed by atoms with Gasteiger partial charge in [0.1, 0.15) is 0 Å². The van der Waals surface area contributed by atoms with Crippen molar-refractivity contribution < 1.29 is 0 Å². The van der Waals surface area contributed by atoms with E-state index in [9.17, 15) is 0 Å². The fraction of sp³-hybridized carbons (Fsp3) is 0.900. The van der Waals surface area contributed by atoms with E-state index < -0.39 is 0 Å². The lowest BCUT2D eigenvalue weighted by Crippen LogP contribution is -2.43. The topological polar surface area (TPSA) is 24.1 Å². The number of hydrogen-bond donors (Lipinski definition) is 2. The van der Waals surface area contributed by atoms with Crippen LogP contribution in [0.25, 0.3) is 0 Å². The van der Waals surface area contributed by atoms with Crippen molar-refractivity contribution in [2.75, 3.05) is 0 Å². The van der Waals surface area contributed by atoms with Crippen LogP contribution in [0.2, 0.25) is 0 Å². The predicted molar refractivity (Wildman–Crippen MR) is 58.7 cm³/mol. The fourth-order valence-electron chi connectivity index (χ4n) is 1.67. The van der Waals surface area contributed by atoms with Crippen LogP contribution in [0.3, 0.4) is 0 Å². The lowest BCUT2D eigenvalue weighted by Gasteiger charge is -2.15. The van der Waals surface area contributed by atoms with Crippen molar-refractivity contribution in [2.45, 2.75) is 51.1 Å². The van der Waals surface area contributed by atoms with Crippen LogP contribution >= 0.6 is 12.2 Å². The molecule has 2 aliphatic rings. The molecule has 2 saturated carbocycles. The molecule has 74 valence electrons. The Hall–Kier alpha value is -0.310. The SMILES string of the molecule is CC[C@@H]1C[C@H]1NC(=S)NC1(C)CC1. The van der Waals surface area contributed by atoms with Gasteiger partial charge in [-0.15, -0.1) is 0 Å². The van der Waals surface area contributed by atoms with Crippen LogP contribution in [-0.4, -0.2) is 16.7 Å². The van der Waals surface area contributed by atoms with Gasteiger partial charge < -0.3 is 10.6 Å². The molecule has 0 aliphatic heterocycles. The van der Waals surface area contributed by atoms with Gasteiger partial charge in [-0.1, -0.05) is 13.3 Å². The second-order valence-corrected chi connectivity index (χ2v) is 5.08. The smallest absolute Gasteiger partial charge is 0.166 e. The number of hydrogen-bond acceptors (Lipinski definition) is 1. The third-order valence-electron chi connectivity index (χ3n) is 3.18. The molecule has 13 heavy (non-hydrogen) atoms. The molecule has 0 bridgehead atoms. The zero-order chi connectivity index (χ0) is 9.47. The Morgan fingerprint density at radius 2 is 2.23 bits per heavy atom. The van der Waals surface area contributed by atoms with Crippen molar-refractivity contribution in [3.8, 4) is 0 Å². The molecule has 2 nitrogen and oxygen atoms in total. The Morgan fingerprint density at radius 1 is 1.54 bits per heavy atom. The van der Waals surface area contributed by atoms with E-state index in [0.29, 0.717) is 11.6 Å². The average Bonchev–Trinajstić information content (AvgIpc) is 2.91. The van der Waals surface area contributed by atoms with Crippen molar-refractivity contribution in [1.82, 2.24) is 10.6 Å². The van der Waals surface area contributed by atoms with E-state index in [-0.39, 0.29) is 0 Å². The molecule has 2 aliphatic carbocycles. The van der Waals surface area contributed by atoms with E-state index in [1.165, 1.54) is 25.7 Å². The van der Waals surface area contributed by atoms with Crippen molar-refractivity contribution >= 4 is 17.3 Å². The quantitative estimate of drug-likeness (QED) is 0.676. The molecular weight excluding hydrogens is 180 g/mol. The monoisotopic (exact) mass is 198 g/mol. The first-order valence-electron chi connectivity index (χ1n) is 5.22. The first-order valence-corrected chi connectivity index (χ1v) is 5.62. The van der Waals surface area contributed by atoms with Crippen LogP contribution in [-0.2, 0) is 0 Å². The van der Waals surface area contributed by atoms with Crippen molar-refractivity contribution in [2.24, 2.45) is 5.92 Å². The summed E-state index contributed by atoms with van der Waals surface area (Å²) in [6, 6.07) is 0.660. The van der Waals surface area contributed by atoms with Crippen molar-refractivity contribution in [1.29, 1.82) is 0 Å². The van der Waals surface area contributed by atoms with E-state index in [2.05, 4.69) is 24.5 Å². The van der Waals surface area contributed by atoms with Crippen LogP contribution in [0.1, 0.15) is 39.5 Å². The number of rotatable bonds is 3. The molecule has 2 fully saturated rings. The molecular formula is C10H18N2S. The molecule has 0 unspecified atom stereocenters. The first-order chi connectivity index (χ1) is 6.13. The summed E-state index contributed by atoms with van der Waals surface area (Å²) in [6.45, 7) is 4.47. The van der Waals surface area contributed by atoms with E-state index in [1.54, 1.807) is 0 Å². The Morgan fingerprint density at radius 3 is 2.69 bits per heavy atom. The van der Waals surface area contributed by atoms with E-state index >= 15 is 0 Å². The number of nitrogens with one attached hydrogen (secondary N) is 2. The zero-order valence-electron chi connectivity index (χ0n) is 8.39. The van der Waals surface area contributed by atoms with Gasteiger partial charge in [0, 0.05) is 11.6 Å². The molecule has 2 atom stereocenters. The standard InChI is InChI=1S/C10H18N2S/c1-3-7-6-8(7)11-9(13)12-10(2)4-5-10/h7-8H,3-6H2,1-2H3,(H2,11,12,13)/t7-,8-/m1/s1. The Bertz CT molecular complexity index is 223. The van der Waals surface area contributed by atoms with Crippen molar-refractivity contribution in [3.63, 3.8) is 0 Å². The maximum atomic E-state index is 5.24. The highest BCUT2D eigenvalue weighted by atomic mass is 32.1. The van der Waals surface area contributed by atoms with Crippen LogP contribution < -0.4 is 10.6 Å². The summed E-state index contributed by atoms with van der Waals surface area (Å²) >= 11 is 5.24.